The van der Waals surface area contributed by atoms with Crippen LogP contribution in [0.25, 0.3) is 43.8 Å². The fourth-order valence-corrected chi connectivity index (χ4v) is 9.16. The van der Waals surface area contributed by atoms with Gasteiger partial charge in [0.15, 0.2) is 0 Å². The van der Waals surface area contributed by atoms with Crippen LogP contribution in [0.2, 0.25) is 52.4 Å². The van der Waals surface area contributed by atoms with Crippen LogP contribution >= 0.6 is 17.0 Å². The first-order valence-corrected chi connectivity index (χ1v) is 34.6. The molecule has 0 aromatic heterocycles. The molecular formula is C48H64Cl2Si3Zr. The molecular weight excluding hydrogens is 823 g/mol. The molecule has 0 aliphatic heterocycles. The van der Waals surface area contributed by atoms with Crippen molar-refractivity contribution in [2.24, 2.45) is 10.8 Å². The van der Waals surface area contributed by atoms with E-state index in [0.717, 1.165) is 22.4 Å². The van der Waals surface area contributed by atoms with Crippen molar-refractivity contribution in [1.29, 1.82) is 0 Å². The molecule has 0 N–H and O–H groups in total. The molecule has 0 bridgehead atoms. The van der Waals surface area contributed by atoms with Gasteiger partial charge in [-0.15, -0.1) is 69.1 Å². The van der Waals surface area contributed by atoms with Crippen molar-refractivity contribution in [1.82, 2.24) is 0 Å². The standard InChI is InChI=1S/2C23H29Si.C2H6Si.2ClH.Zr/c2*1-23(2,3)16-17-14-19-8-7-9-21(22(19)15-17)18-10-12-20(13-11-18)24(4,5)6;1-3-2;;;/h2*7-15H,16H2,1-6H3;1-2H3;2*1H;/q2*-1;;;;+4/p-2. The second-order valence-electron chi connectivity index (χ2n) is 19.0. The maximum absolute atomic E-state index is 4.93. The van der Waals surface area contributed by atoms with Crippen molar-refractivity contribution < 1.29 is 20.8 Å². The molecule has 0 atom stereocenters. The van der Waals surface area contributed by atoms with Gasteiger partial charge >= 0.3 is 37.9 Å². The quantitative estimate of drug-likeness (QED) is 0.115. The molecule has 6 aromatic carbocycles. The molecule has 0 heterocycles. The van der Waals surface area contributed by atoms with Crippen molar-refractivity contribution in [2.75, 3.05) is 0 Å². The predicted molar refractivity (Wildman–Crippen MR) is 251 cm³/mol. The minimum atomic E-state index is -1.23. The Morgan fingerprint density at radius 1 is 0.537 bits per heavy atom. The van der Waals surface area contributed by atoms with E-state index in [2.05, 4.69) is 203 Å². The van der Waals surface area contributed by atoms with Gasteiger partial charge in [0, 0.05) is 9.52 Å². The summed E-state index contributed by atoms with van der Waals surface area (Å²) in [5, 5.41) is 8.54. The van der Waals surface area contributed by atoms with Gasteiger partial charge in [-0.1, -0.05) is 176 Å². The van der Waals surface area contributed by atoms with Gasteiger partial charge in [0.25, 0.3) is 0 Å². The molecule has 0 unspecified atom stereocenters. The summed E-state index contributed by atoms with van der Waals surface area (Å²) in [5.74, 6) is 0. The summed E-state index contributed by atoms with van der Waals surface area (Å²) in [6.07, 6.45) is 2.24. The van der Waals surface area contributed by atoms with E-state index in [4.69, 9.17) is 17.0 Å². The van der Waals surface area contributed by atoms with E-state index in [1.54, 1.807) is 0 Å². The van der Waals surface area contributed by atoms with E-state index in [1.165, 1.54) is 65.3 Å². The van der Waals surface area contributed by atoms with Gasteiger partial charge < -0.3 is 0 Å². The van der Waals surface area contributed by atoms with Crippen molar-refractivity contribution in [3.05, 3.63) is 120 Å². The number of hydrogen-bond donors (Lipinski definition) is 0. The SMILES string of the molecule is CC(C)(C)Cc1cc2c(-c3ccc([Si](C)(C)C)cc3)cccc2[cH-]1.CC(C)(C)Cc1cc2c(-c3ccc([Si](C)(C)C)cc3)cccc2[cH-]1.C[Si]C.[Cl][Zr+2][Cl]. The van der Waals surface area contributed by atoms with E-state index in [1.807, 2.05) is 0 Å². The molecule has 6 rings (SSSR count). The molecule has 0 nitrogen and oxygen atoms in total. The van der Waals surface area contributed by atoms with Crippen molar-refractivity contribution in [3.63, 3.8) is 0 Å². The van der Waals surface area contributed by atoms with Crippen molar-refractivity contribution in [2.45, 2.75) is 107 Å². The van der Waals surface area contributed by atoms with E-state index >= 15 is 0 Å². The number of hydrogen-bond acceptors (Lipinski definition) is 0. The van der Waals surface area contributed by atoms with Gasteiger partial charge in [0.2, 0.25) is 0 Å². The summed E-state index contributed by atoms with van der Waals surface area (Å²) < 4.78 is 0. The summed E-state index contributed by atoms with van der Waals surface area (Å²) >= 11 is -0.826. The Bertz CT molecular complexity index is 1880. The monoisotopic (exact) mass is 884 g/mol. The zero-order chi connectivity index (χ0) is 40.5. The zero-order valence-electron chi connectivity index (χ0n) is 35.6. The molecule has 0 spiro atoms. The Kier molecular flexibility index (Phi) is 17.3. The van der Waals surface area contributed by atoms with E-state index in [0.29, 0.717) is 10.8 Å². The van der Waals surface area contributed by atoms with Gasteiger partial charge in [-0.25, -0.2) is 0 Å². The molecule has 0 amide bonds. The van der Waals surface area contributed by atoms with Crippen LogP contribution in [0.5, 0.6) is 0 Å². The van der Waals surface area contributed by atoms with Crippen molar-refractivity contribution in [3.8, 4) is 22.3 Å². The molecule has 0 saturated carbocycles. The van der Waals surface area contributed by atoms with E-state index in [-0.39, 0.29) is 0 Å². The minimum absolute atomic E-state index is 0.323. The van der Waals surface area contributed by atoms with Crippen LogP contribution in [0.4, 0.5) is 0 Å². The molecule has 0 fully saturated rings. The third-order valence-electron chi connectivity index (χ3n) is 9.21. The van der Waals surface area contributed by atoms with Gasteiger partial charge in [-0.2, -0.15) is 12.1 Å². The van der Waals surface area contributed by atoms with Crippen LogP contribution < -0.4 is 10.4 Å². The first-order valence-electron chi connectivity index (χ1n) is 19.2. The van der Waals surface area contributed by atoms with Crippen LogP contribution in [0.15, 0.2) is 109 Å². The number of halogens is 2. The van der Waals surface area contributed by atoms with Gasteiger partial charge in [-0.05, 0) is 34.8 Å². The molecule has 0 saturated heterocycles. The number of benzene rings is 4. The molecule has 54 heavy (non-hydrogen) atoms. The summed E-state index contributed by atoms with van der Waals surface area (Å²) in [4.78, 5) is 0. The van der Waals surface area contributed by atoms with Crippen LogP contribution in [0.1, 0.15) is 52.7 Å². The molecule has 0 aliphatic carbocycles. The Morgan fingerprint density at radius 3 is 1.09 bits per heavy atom. The van der Waals surface area contributed by atoms with Crippen LogP contribution in [0, 0.1) is 10.8 Å². The molecule has 0 aliphatic rings. The second kappa shape index (κ2) is 20.1. The maximum atomic E-state index is 4.93. The fraction of sp³-hybridized carbons (Fsp3) is 0.375. The third-order valence-corrected chi connectivity index (χ3v) is 13.3. The Morgan fingerprint density at radius 2 is 0.833 bits per heavy atom. The van der Waals surface area contributed by atoms with Crippen LogP contribution in [-0.2, 0) is 33.7 Å². The van der Waals surface area contributed by atoms with Gasteiger partial charge in [0.1, 0.15) is 0 Å². The summed E-state index contributed by atoms with van der Waals surface area (Å²) in [7, 11) is 8.48. The van der Waals surface area contributed by atoms with E-state index < -0.39 is 37.0 Å². The second-order valence-corrected chi connectivity index (χ2v) is 33.9. The summed E-state index contributed by atoms with van der Waals surface area (Å²) in [5.41, 5.74) is 8.91. The average Bonchev–Trinajstić information content (AvgIpc) is 3.66. The summed E-state index contributed by atoms with van der Waals surface area (Å²) in [6, 6.07) is 41.4. The Hall–Kier alpha value is -1.79. The first kappa shape index (κ1) is 46.6. The zero-order valence-corrected chi connectivity index (χ0v) is 42.5. The van der Waals surface area contributed by atoms with Gasteiger partial charge in [0.05, 0.1) is 16.1 Å². The third kappa shape index (κ3) is 14.3. The molecule has 6 heteroatoms. The Labute approximate surface area is 352 Å². The average molecular weight is 887 g/mol. The van der Waals surface area contributed by atoms with Gasteiger partial charge in [-0.3, -0.25) is 0 Å². The molecule has 2 radical (unpaired) electrons. The number of rotatable bonds is 6. The predicted octanol–water partition coefficient (Wildman–Crippen LogP) is 14.9. The normalized spacial score (nSPS) is 11.9. The molecule has 6 aromatic rings. The fourth-order valence-electron chi connectivity index (χ4n) is 6.83. The van der Waals surface area contributed by atoms with E-state index in [9.17, 15) is 0 Å². The molecule has 286 valence electrons. The topological polar surface area (TPSA) is 0 Å². The van der Waals surface area contributed by atoms with Crippen LogP contribution in [0.3, 0.4) is 0 Å². The Balaban J connectivity index is 0.000000254. The van der Waals surface area contributed by atoms with Crippen LogP contribution in [-0.4, -0.2) is 25.7 Å². The first-order chi connectivity index (χ1) is 25.1. The van der Waals surface area contributed by atoms with Crippen molar-refractivity contribution >= 4 is 74.6 Å². The summed E-state index contributed by atoms with van der Waals surface area (Å²) in [6.45, 7) is 32.6. The number of fused-ring (bicyclic) bond motifs is 2.